The normalized spacial score (nSPS) is 10.8. The Morgan fingerprint density at radius 2 is 1.68 bits per heavy atom. The summed E-state index contributed by atoms with van der Waals surface area (Å²) < 4.78 is 24.3. The van der Waals surface area contributed by atoms with Crippen molar-refractivity contribution < 1.29 is 18.6 Å². The molecule has 6 heteroatoms. The average Bonchev–Trinajstić information content (AvgIpc) is 2.77. The molecule has 0 atom stereocenters. The fourth-order valence-electron chi connectivity index (χ4n) is 3.14. The third-order valence-electron chi connectivity index (χ3n) is 4.67. The maximum atomic E-state index is 13.1. The van der Waals surface area contributed by atoms with E-state index in [0.717, 1.165) is 10.0 Å². The van der Waals surface area contributed by atoms with Gasteiger partial charge >= 0.3 is 0 Å². The zero-order chi connectivity index (χ0) is 21.8. The molecule has 3 aromatic carbocycles. The highest BCUT2D eigenvalue weighted by atomic mass is 79.9. The summed E-state index contributed by atoms with van der Waals surface area (Å²) in [5.74, 6) is 2.18. The first-order valence-corrected chi connectivity index (χ1v) is 10.7. The van der Waals surface area contributed by atoms with Crippen molar-refractivity contribution in [2.45, 2.75) is 20.5 Å². The zero-order valence-electron chi connectivity index (χ0n) is 17.2. The van der Waals surface area contributed by atoms with Crippen molar-refractivity contribution in [3.8, 4) is 23.0 Å². The van der Waals surface area contributed by atoms with Gasteiger partial charge in [-0.3, -0.25) is 4.79 Å². The predicted molar refractivity (Wildman–Crippen MR) is 123 cm³/mol. The minimum absolute atomic E-state index is 0.142. The first-order chi connectivity index (χ1) is 15.0. The van der Waals surface area contributed by atoms with Crippen LogP contribution in [0.4, 0.5) is 0 Å². The van der Waals surface area contributed by atoms with Crippen LogP contribution in [0.3, 0.4) is 0 Å². The first-order valence-electron chi connectivity index (χ1n) is 9.89. The molecule has 158 valence electrons. The molecule has 0 aliphatic heterocycles. The molecule has 31 heavy (non-hydrogen) atoms. The van der Waals surface area contributed by atoms with Crippen LogP contribution in [0.15, 0.2) is 80.4 Å². The van der Waals surface area contributed by atoms with Gasteiger partial charge in [0.25, 0.3) is 0 Å². The van der Waals surface area contributed by atoms with Gasteiger partial charge in [-0.15, -0.1) is 0 Å². The van der Waals surface area contributed by atoms with Crippen LogP contribution in [-0.4, -0.2) is 6.61 Å². The third-order valence-corrected chi connectivity index (χ3v) is 5.20. The Morgan fingerprint density at radius 1 is 0.935 bits per heavy atom. The van der Waals surface area contributed by atoms with Gasteiger partial charge in [-0.25, -0.2) is 0 Å². The second-order valence-corrected chi connectivity index (χ2v) is 7.79. The Morgan fingerprint density at radius 3 is 2.42 bits per heavy atom. The second-order valence-electron chi connectivity index (χ2n) is 6.87. The summed E-state index contributed by atoms with van der Waals surface area (Å²) in [7, 11) is 0. The summed E-state index contributed by atoms with van der Waals surface area (Å²) in [5.41, 5.74) is 1.24. The van der Waals surface area contributed by atoms with Gasteiger partial charge < -0.3 is 18.6 Å². The molecule has 0 bridgehead atoms. The number of hydrogen-bond acceptors (Lipinski definition) is 5. The number of halogens is 1. The van der Waals surface area contributed by atoms with Crippen molar-refractivity contribution in [2.75, 3.05) is 6.61 Å². The predicted octanol–water partition coefficient (Wildman–Crippen LogP) is 6.63. The number of rotatable bonds is 7. The van der Waals surface area contributed by atoms with Gasteiger partial charge in [0.15, 0.2) is 11.5 Å². The maximum Gasteiger partial charge on any atom is 0.235 e. The Labute approximate surface area is 188 Å². The van der Waals surface area contributed by atoms with E-state index in [9.17, 15) is 4.79 Å². The number of hydrogen-bond donors (Lipinski definition) is 0. The largest absolute Gasteiger partial charge is 0.490 e. The van der Waals surface area contributed by atoms with Crippen molar-refractivity contribution in [2.24, 2.45) is 0 Å². The first kappa shape index (κ1) is 21.0. The Hall–Kier alpha value is -3.25. The van der Waals surface area contributed by atoms with E-state index in [1.54, 1.807) is 37.3 Å². The standard InChI is InChI=1S/C25H21BrO5/c1-3-28-21-6-4-5-7-22(21)31-25-16(2)30-23-14-19(12-13-20(23)24(25)27)29-15-17-8-10-18(26)11-9-17/h4-14H,3,15H2,1-2H3. The van der Waals surface area contributed by atoms with Crippen molar-refractivity contribution in [1.82, 2.24) is 0 Å². The highest BCUT2D eigenvalue weighted by Gasteiger charge is 2.16. The van der Waals surface area contributed by atoms with Crippen LogP contribution < -0.4 is 19.6 Å². The highest BCUT2D eigenvalue weighted by Crippen LogP contribution is 2.33. The highest BCUT2D eigenvalue weighted by molar-refractivity contribution is 9.10. The molecule has 0 unspecified atom stereocenters. The van der Waals surface area contributed by atoms with E-state index in [1.807, 2.05) is 43.3 Å². The van der Waals surface area contributed by atoms with Gasteiger partial charge in [-0.05, 0) is 55.8 Å². The molecule has 4 rings (SSSR count). The van der Waals surface area contributed by atoms with E-state index in [0.29, 0.717) is 47.2 Å². The SMILES string of the molecule is CCOc1ccccc1Oc1c(C)oc2cc(OCc3ccc(Br)cc3)ccc2c1=O. The number of para-hydroxylation sites is 2. The van der Waals surface area contributed by atoms with Gasteiger partial charge in [0.1, 0.15) is 23.7 Å². The average molecular weight is 481 g/mol. The lowest BCUT2D eigenvalue weighted by molar-refractivity contribution is 0.306. The zero-order valence-corrected chi connectivity index (χ0v) is 18.8. The number of benzene rings is 3. The molecule has 0 amide bonds. The van der Waals surface area contributed by atoms with Crippen molar-refractivity contribution >= 4 is 26.9 Å². The lowest BCUT2D eigenvalue weighted by Crippen LogP contribution is -2.08. The van der Waals surface area contributed by atoms with Gasteiger partial charge in [0.2, 0.25) is 11.2 Å². The van der Waals surface area contributed by atoms with Crippen LogP contribution in [0.25, 0.3) is 11.0 Å². The Balaban J connectivity index is 1.61. The van der Waals surface area contributed by atoms with Gasteiger partial charge in [-0.1, -0.05) is 40.2 Å². The van der Waals surface area contributed by atoms with Crippen molar-refractivity contribution in [3.05, 3.63) is 92.7 Å². The van der Waals surface area contributed by atoms with Crippen LogP contribution in [0.2, 0.25) is 0 Å². The van der Waals surface area contributed by atoms with Crippen LogP contribution in [0.1, 0.15) is 18.2 Å². The van der Waals surface area contributed by atoms with Gasteiger partial charge in [-0.2, -0.15) is 0 Å². The van der Waals surface area contributed by atoms with Crippen molar-refractivity contribution in [1.29, 1.82) is 0 Å². The summed E-state index contributed by atoms with van der Waals surface area (Å²) >= 11 is 3.42. The molecule has 0 saturated heterocycles. The monoisotopic (exact) mass is 480 g/mol. The molecule has 0 spiro atoms. The summed E-state index contributed by atoms with van der Waals surface area (Å²) in [5, 5.41) is 0.422. The molecule has 1 heterocycles. The van der Waals surface area contributed by atoms with Crippen LogP contribution in [0.5, 0.6) is 23.0 Å². The quantitative estimate of drug-likeness (QED) is 0.297. The fraction of sp³-hybridized carbons (Fsp3) is 0.160. The molecule has 0 saturated carbocycles. The molecule has 0 fully saturated rings. The van der Waals surface area contributed by atoms with Crippen molar-refractivity contribution in [3.63, 3.8) is 0 Å². The van der Waals surface area contributed by atoms with E-state index >= 15 is 0 Å². The van der Waals surface area contributed by atoms with Crippen LogP contribution in [-0.2, 0) is 6.61 Å². The molecular weight excluding hydrogens is 460 g/mol. The van der Waals surface area contributed by atoms with E-state index in [1.165, 1.54) is 0 Å². The summed E-state index contributed by atoms with van der Waals surface area (Å²) in [6.07, 6.45) is 0. The molecular formula is C25H21BrO5. The smallest absolute Gasteiger partial charge is 0.235 e. The summed E-state index contributed by atoms with van der Waals surface area (Å²) in [6, 6.07) is 20.3. The second kappa shape index (κ2) is 9.27. The fourth-order valence-corrected chi connectivity index (χ4v) is 3.41. The molecule has 0 aliphatic carbocycles. The summed E-state index contributed by atoms with van der Waals surface area (Å²) in [4.78, 5) is 13.1. The van der Waals surface area contributed by atoms with Gasteiger partial charge in [0.05, 0.1) is 12.0 Å². The molecule has 5 nitrogen and oxygen atoms in total. The lowest BCUT2D eigenvalue weighted by atomic mass is 10.2. The Bertz CT molecular complexity index is 1260. The van der Waals surface area contributed by atoms with E-state index < -0.39 is 0 Å². The van der Waals surface area contributed by atoms with E-state index in [2.05, 4.69) is 15.9 Å². The topological polar surface area (TPSA) is 57.9 Å². The van der Waals surface area contributed by atoms with E-state index in [-0.39, 0.29) is 11.2 Å². The minimum atomic E-state index is -0.246. The summed E-state index contributed by atoms with van der Waals surface area (Å²) in [6.45, 7) is 4.50. The molecule has 1 aromatic heterocycles. The number of aryl methyl sites for hydroxylation is 1. The third kappa shape index (κ3) is 4.75. The molecule has 0 radical (unpaired) electrons. The number of ether oxygens (including phenoxy) is 3. The molecule has 0 N–H and O–H groups in total. The molecule has 4 aromatic rings. The number of fused-ring (bicyclic) bond motifs is 1. The molecule has 0 aliphatic rings. The lowest BCUT2D eigenvalue weighted by Gasteiger charge is -2.13. The maximum absolute atomic E-state index is 13.1. The Kier molecular flexibility index (Phi) is 6.28. The van der Waals surface area contributed by atoms with Crippen LogP contribution >= 0.6 is 15.9 Å². The van der Waals surface area contributed by atoms with Gasteiger partial charge in [0, 0.05) is 10.5 Å². The minimum Gasteiger partial charge on any atom is -0.490 e. The van der Waals surface area contributed by atoms with Crippen LogP contribution in [0, 0.1) is 6.92 Å². The van der Waals surface area contributed by atoms with E-state index in [4.69, 9.17) is 18.6 Å².